The van der Waals surface area contributed by atoms with Crippen LogP contribution in [0.5, 0.6) is 0 Å². The van der Waals surface area contributed by atoms with Crippen LogP contribution in [0.25, 0.3) is 0 Å². The molecule has 0 aromatic carbocycles. The van der Waals surface area contributed by atoms with Gasteiger partial charge in [0.1, 0.15) is 0 Å². The van der Waals surface area contributed by atoms with Gasteiger partial charge in [0.2, 0.25) is 5.91 Å². The van der Waals surface area contributed by atoms with Crippen molar-refractivity contribution in [2.75, 3.05) is 52.4 Å². The minimum atomic E-state index is 0.00353. The summed E-state index contributed by atoms with van der Waals surface area (Å²) < 4.78 is 0. The Hall–Kier alpha value is -1.30. The second-order valence-electron chi connectivity index (χ2n) is 7.53. The van der Waals surface area contributed by atoms with Crippen molar-refractivity contribution in [3.05, 3.63) is 0 Å². The molecule has 2 fully saturated rings. The Kier molecular flexibility index (Phi) is 9.23. The van der Waals surface area contributed by atoms with E-state index in [0.717, 1.165) is 71.2 Å². The van der Waals surface area contributed by atoms with Crippen molar-refractivity contribution in [1.82, 2.24) is 20.0 Å². The number of hydrogen-bond donors (Lipinski definition) is 1. The number of rotatable bonds is 8. The predicted octanol–water partition coefficient (Wildman–Crippen LogP) is 2.16. The first-order valence-electron chi connectivity index (χ1n) is 10.7. The molecular formula is C20H39N5O. The fraction of sp³-hybridized carbons (Fsp3) is 0.900. The lowest BCUT2D eigenvalue weighted by atomic mass is 10.2. The molecule has 2 heterocycles. The Morgan fingerprint density at radius 3 is 2.27 bits per heavy atom. The molecule has 2 rings (SSSR count). The molecule has 6 heteroatoms. The molecule has 0 bridgehead atoms. The topological polar surface area (TPSA) is 51.2 Å². The van der Waals surface area contributed by atoms with Crippen LogP contribution in [0, 0.1) is 0 Å². The molecule has 0 radical (unpaired) electrons. The van der Waals surface area contributed by atoms with E-state index < -0.39 is 0 Å². The zero-order valence-corrected chi connectivity index (χ0v) is 17.2. The lowest BCUT2D eigenvalue weighted by Crippen LogP contribution is -2.57. The van der Waals surface area contributed by atoms with Crippen molar-refractivity contribution in [2.45, 2.75) is 65.3 Å². The van der Waals surface area contributed by atoms with E-state index in [2.05, 4.69) is 35.9 Å². The summed E-state index contributed by atoms with van der Waals surface area (Å²) in [4.78, 5) is 24.2. The minimum Gasteiger partial charge on any atom is -0.357 e. The molecule has 2 aliphatic rings. The second kappa shape index (κ2) is 11.4. The van der Waals surface area contributed by atoms with Gasteiger partial charge in [0, 0.05) is 52.4 Å². The third-order valence-electron chi connectivity index (χ3n) is 5.54. The van der Waals surface area contributed by atoms with E-state index >= 15 is 0 Å². The molecule has 2 aliphatic heterocycles. The molecule has 0 aromatic rings. The Labute approximate surface area is 160 Å². The third kappa shape index (κ3) is 6.15. The quantitative estimate of drug-likeness (QED) is 0.407. The molecule has 0 aromatic heterocycles. The van der Waals surface area contributed by atoms with Gasteiger partial charge >= 0.3 is 0 Å². The molecule has 150 valence electrons. The predicted molar refractivity (Wildman–Crippen MR) is 109 cm³/mol. The number of guanidine groups is 1. The summed E-state index contributed by atoms with van der Waals surface area (Å²) in [5, 5.41) is 3.44. The molecule has 6 nitrogen and oxygen atoms in total. The van der Waals surface area contributed by atoms with Crippen LogP contribution in [-0.4, -0.2) is 85.0 Å². The van der Waals surface area contributed by atoms with Crippen LogP contribution in [-0.2, 0) is 4.79 Å². The Bertz CT molecular complexity index is 439. The highest BCUT2D eigenvalue weighted by molar-refractivity contribution is 5.82. The number of carbonyl (C=O) groups excluding carboxylic acids is 1. The van der Waals surface area contributed by atoms with Gasteiger partial charge in [0.25, 0.3) is 0 Å². The van der Waals surface area contributed by atoms with Gasteiger partial charge in [-0.1, -0.05) is 26.2 Å². The van der Waals surface area contributed by atoms with E-state index in [0.29, 0.717) is 5.91 Å². The van der Waals surface area contributed by atoms with Crippen molar-refractivity contribution in [2.24, 2.45) is 4.99 Å². The van der Waals surface area contributed by atoms with Gasteiger partial charge in [-0.2, -0.15) is 0 Å². The van der Waals surface area contributed by atoms with E-state index in [4.69, 9.17) is 4.99 Å². The molecule has 1 unspecified atom stereocenters. The van der Waals surface area contributed by atoms with Crippen LogP contribution in [0.1, 0.15) is 59.3 Å². The number of aliphatic imine (C=N–C) groups is 1. The second-order valence-corrected chi connectivity index (χ2v) is 7.53. The number of nitrogens with one attached hydrogen (secondary N) is 1. The number of nitrogens with zero attached hydrogens (tertiary/aromatic N) is 4. The summed E-state index contributed by atoms with van der Waals surface area (Å²) in [5.41, 5.74) is 0. The molecule has 26 heavy (non-hydrogen) atoms. The summed E-state index contributed by atoms with van der Waals surface area (Å²) in [6.45, 7) is 13.9. The molecular weight excluding hydrogens is 326 g/mol. The number of hydrogen-bond acceptors (Lipinski definition) is 3. The van der Waals surface area contributed by atoms with Crippen LogP contribution < -0.4 is 5.32 Å². The minimum absolute atomic E-state index is 0.00353. The highest BCUT2D eigenvalue weighted by Gasteiger charge is 2.30. The van der Waals surface area contributed by atoms with Crippen molar-refractivity contribution in [1.29, 1.82) is 0 Å². The third-order valence-corrected chi connectivity index (χ3v) is 5.54. The summed E-state index contributed by atoms with van der Waals surface area (Å²) in [7, 11) is 0. The van der Waals surface area contributed by atoms with Crippen molar-refractivity contribution in [3.8, 4) is 0 Å². The maximum Gasteiger partial charge on any atom is 0.239 e. The van der Waals surface area contributed by atoms with Gasteiger partial charge in [0.05, 0.1) is 6.04 Å². The molecule has 1 amide bonds. The average molecular weight is 366 g/mol. The first kappa shape index (κ1) is 21.0. The summed E-state index contributed by atoms with van der Waals surface area (Å²) in [6.07, 6.45) is 7.32. The highest BCUT2D eigenvalue weighted by Crippen LogP contribution is 2.14. The Morgan fingerprint density at radius 2 is 1.65 bits per heavy atom. The first-order chi connectivity index (χ1) is 12.7. The van der Waals surface area contributed by atoms with Crippen molar-refractivity contribution < 1.29 is 4.79 Å². The van der Waals surface area contributed by atoms with E-state index in [1.165, 1.54) is 25.7 Å². The monoisotopic (exact) mass is 365 g/mol. The standard InChI is InChI=1S/C20H39N5O/c1-4-6-7-8-11-22-20(21-5-2)25-16-14-23(15-17-25)18(3)19(26)24-12-9-10-13-24/h18H,4-17H2,1-3H3,(H,21,22). The number of piperazine rings is 1. The van der Waals surface area contributed by atoms with E-state index in [1.54, 1.807) is 0 Å². The highest BCUT2D eigenvalue weighted by atomic mass is 16.2. The fourth-order valence-electron chi connectivity index (χ4n) is 3.83. The van der Waals surface area contributed by atoms with Crippen LogP contribution in [0.2, 0.25) is 0 Å². The number of carbonyl (C=O) groups is 1. The van der Waals surface area contributed by atoms with Crippen LogP contribution >= 0.6 is 0 Å². The maximum absolute atomic E-state index is 12.6. The Balaban J connectivity index is 1.80. The summed E-state index contributed by atoms with van der Waals surface area (Å²) in [5.74, 6) is 1.36. The summed E-state index contributed by atoms with van der Waals surface area (Å²) in [6, 6.07) is 0.00353. The van der Waals surface area contributed by atoms with E-state index in [-0.39, 0.29) is 6.04 Å². The first-order valence-corrected chi connectivity index (χ1v) is 10.7. The van der Waals surface area contributed by atoms with Gasteiger partial charge in [-0.25, -0.2) is 0 Å². The molecule has 1 N–H and O–H groups in total. The van der Waals surface area contributed by atoms with Crippen LogP contribution in [0.3, 0.4) is 0 Å². The zero-order chi connectivity index (χ0) is 18.8. The van der Waals surface area contributed by atoms with Gasteiger partial charge in [-0.15, -0.1) is 0 Å². The van der Waals surface area contributed by atoms with Crippen LogP contribution in [0.15, 0.2) is 4.99 Å². The molecule has 0 spiro atoms. The van der Waals surface area contributed by atoms with E-state index in [1.807, 2.05) is 4.90 Å². The lowest BCUT2D eigenvalue weighted by molar-refractivity contribution is -0.135. The van der Waals surface area contributed by atoms with Crippen molar-refractivity contribution >= 4 is 11.9 Å². The average Bonchev–Trinajstić information content (AvgIpc) is 3.21. The van der Waals surface area contributed by atoms with Gasteiger partial charge in [0.15, 0.2) is 5.96 Å². The fourth-order valence-corrected chi connectivity index (χ4v) is 3.83. The van der Waals surface area contributed by atoms with E-state index in [9.17, 15) is 4.79 Å². The van der Waals surface area contributed by atoms with Crippen molar-refractivity contribution in [3.63, 3.8) is 0 Å². The van der Waals surface area contributed by atoms with Crippen LogP contribution in [0.4, 0.5) is 0 Å². The normalized spacial score (nSPS) is 20.5. The number of unbranched alkanes of at least 4 members (excludes halogenated alkanes) is 3. The number of likely N-dealkylation sites (tertiary alicyclic amines) is 1. The SMILES string of the molecule is CCCCCCN=C(NCC)N1CCN(C(C)C(=O)N2CCCC2)CC1. The summed E-state index contributed by atoms with van der Waals surface area (Å²) >= 11 is 0. The smallest absolute Gasteiger partial charge is 0.239 e. The Morgan fingerprint density at radius 1 is 0.962 bits per heavy atom. The molecule has 0 saturated carbocycles. The van der Waals surface area contributed by atoms with Gasteiger partial charge in [-0.3, -0.25) is 14.7 Å². The number of amides is 1. The molecule has 1 atom stereocenters. The zero-order valence-electron chi connectivity index (χ0n) is 17.2. The largest absolute Gasteiger partial charge is 0.357 e. The van der Waals surface area contributed by atoms with Gasteiger partial charge in [-0.05, 0) is 33.1 Å². The lowest BCUT2D eigenvalue weighted by Gasteiger charge is -2.39. The van der Waals surface area contributed by atoms with Gasteiger partial charge < -0.3 is 15.1 Å². The maximum atomic E-state index is 12.6. The molecule has 0 aliphatic carbocycles. The molecule has 2 saturated heterocycles.